The van der Waals surface area contributed by atoms with Gasteiger partial charge >= 0.3 is 0 Å². The van der Waals surface area contributed by atoms with Crippen molar-refractivity contribution in [2.24, 2.45) is 0 Å². The van der Waals surface area contributed by atoms with Crippen LogP contribution in [0, 0.1) is 18.3 Å². The number of H-pyrrole nitrogens is 1. The molecule has 0 fully saturated rings. The van der Waals surface area contributed by atoms with E-state index in [1.54, 1.807) is 6.20 Å². The zero-order valence-electron chi connectivity index (χ0n) is 10.1. The lowest BCUT2D eigenvalue weighted by atomic mass is 10.1. The van der Waals surface area contributed by atoms with Crippen molar-refractivity contribution in [2.45, 2.75) is 26.2 Å². The minimum absolute atomic E-state index is 0.144. The summed E-state index contributed by atoms with van der Waals surface area (Å²) in [5.41, 5.74) is 3.30. The van der Waals surface area contributed by atoms with E-state index in [2.05, 4.69) is 47.2 Å². The van der Waals surface area contributed by atoms with Crippen LogP contribution in [0.15, 0.2) is 30.5 Å². The second-order valence-corrected chi connectivity index (χ2v) is 4.14. The highest BCUT2D eigenvalue weighted by atomic mass is 14.9. The topological polar surface area (TPSA) is 52.5 Å². The average molecular weight is 225 g/mol. The molecule has 0 aliphatic carbocycles. The van der Waals surface area contributed by atoms with Gasteiger partial charge in [-0.15, -0.1) is 0 Å². The van der Waals surface area contributed by atoms with Crippen LogP contribution in [-0.2, 0) is 0 Å². The number of imidazole rings is 1. The first-order valence-corrected chi connectivity index (χ1v) is 5.76. The second kappa shape index (κ2) is 4.84. The standard InChI is InChI=1S/C14H15N3/c1-3-11(8-15)14-16-9-13(17-14)12-6-4-10(2)5-7-12/h4-7,9,11H,3H2,1-2H3,(H,16,17). The van der Waals surface area contributed by atoms with Gasteiger partial charge in [0.1, 0.15) is 11.7 Å². The molecule has 0 bridgehead atoms. The number of aromatic amines is 1. The minimum Gasteiger partial charge on any atom is -0.341 e. The van der Waals surface area contributed by atoms with Gasteiger partial charge in [-0.05, 0) is 18.9 Å². The summed E-state index contributed by atoms with van der Waals surface area (Å²) in [5, 5.41) is 8.99. The number of hydrogen-bond acceptors (Lipinski definition) is 2. The molecule has 3 heteroatoms. The zero-order valence-corrected chi connectivity index (χ0v) is 10.1. The number of nitrogens with zero attached hydrogens (tertiary/aromatic N) is 2. The molecule has 86 valence electrons. The predicted octanol–water partition coefficient (Wildman–Crippen LogP) is 3.40. The van der Waals surface area contributed by atoms with Crippen molar-refractivity contribution in [2.75, 3.05) is 0 Å². The molecular formula is C14H15N3. The van der Waals surface area contributed by atoms with E-state index in [0.29, 0.717) is 0 Å². The summed E-state index contributed by atoms with van der Waals surface area (Å²) in [6.45, 7) is 4.05. The highest BCUT2D eigenvalue weighted by Gasteiger charge is 2.12. The van der Waals surface area contributed by atoms with Crippen LogP contribution in [0.3, 0.4) is 0 Å². The molecule has 0 spiro atoms. The molecule has 0 saturated carbocycles. The van der Waals surface area contributed by atoms with Gasteiger partial charge in [-0.2, -0.15) is 5.26 Å². The number of aromatic nitrogens is 2. The van der Waals surface area contributed by atoms with E-state index in [0.717, 1.165) is 23.5 Å². The Morgan fingerprint density at radius 1 is 1.35 bits per heavy atom. The molecule has 1 aromatic heterocycles. The summed E-state index contributed by atoms with van der Waals surface area (Å²) in [5.74, 6) is 0.611. The molecule has 3 nitrogen and oxygen atoms in total. The Bertz CT molecular complexity index is 531. The quantitative estimate of drug-likeness (QED) is 0.870. The third-order valence-electron chi connectivity index (χ3n) is 2.85. The fourth-order valence-electron chi connectivity index (χ4n) is 1.74. The third kappa shape index (κ3) is 2.36. The Morgan fingerprint density at radius 3 is 2.65 bits per heavy atom. The maximum absolute atomic E-state index is 8.99. The van der Waals surface area contributed by atoms with Gasteiger partial charge in [0, 0.05) is 0 Å². The Balaban J connectivity index is 2.30. The molecule has 0 amide bonds. The van der Waals surface area contributed by atoms with Gasteiger partial charge in [0.05, 0.1) is 18.0 Å². The Hall–Kier alpha value is -2.08. The molecule has 17 heavy (non-hydrogen) atoms. The van der Waals surface area contributed by atoms with Crippen LogP contribution < -0.4 is 0 Å². The fourth-order valence-corrected chi connectivity index (χ4v) is 1.74. The molecule has 2 rings (SSSR count). The van der Waals surface area contributed by atoms with Crippen molar-refractivity contribution in [1.29, 1.82) is 5.26 Å². The second-order valence-electron chi connectivity index (χ2n) is 4.14. The summed E-state index contributed by atoms with van der Waals surface area (Å²) < 4.78 is 0. The van der Waals surface area contributed by atoms with Crippen LogP contribution in [0.4, 0.5) is 0 Å². The normalized spacial score (nSPS) is 12.1. The largest absolute Gasteiger partial charge is 0.341 e. The Labute approximate surface area is 101 Å². The Morgan fingerprint density at radius 2 is 2.06 bits per heavy atom. The maximum atomic E-state index is 8.99. The molecule has 1 atom stereocenters. The van der Waals surface area contributed by atoms with Gasteiger partial charge in [0.25, 0.3) is 0 Å². The minimum atomic E-state index is -0.144. The van der Waals surface area contributed by atoms with Gasteiger partial charge < -0.3 is 4.98 Å². The van der Waals surface area contributed by atoms with Gasteiger partial charge in [-0.25, -0.2) is 4.98 Å². The number of nitriles is 1. The summed E-state index contributed by atoms with van der Waals surface area (Å²) in [6.07, 6.45) is 2.57. The number of rotatable bonds is 3. The molecule has 1 unspecified atom stereocenters. The van der Waals surface area contributed by atoms with Crippen LogP contribution >= 0.6 is 0 Å². The molecule has 0 saturated heterocycles. The van der Waals surface area contributed by atoms with Crippen molar-refractivity contribution in [3.05, 3.63) is 41.9 Å². The van der Waals surface area contributed by atoms with Crippen molar-refractivity contribution >= 4 is 0 Å². The summed E-state index contributed by atoms with van der Waals surface area (Å²) in [7, 11) is 0. The lowest BCUT2D eigenvalue weighted by Crippen LogP contribution is -1.95. The van der Waals surface area contributed by atoms with E-state index in [9.17, 15) is 0 Å². The number of aryl methyl sites for hydroxylation is 1. The first kappa shape index (κ1) is 11.4. The average Bonchev–Trinajstić information content (AvgIpc) is 2.81. The summed E-state index contributed by atoms with van der Waals surface area (Å²) >= 11 is 0. The molecule has 1 aromatic carbocycles. The SMILES string of the molecule is CCC(C#N)c1ncc(-c2ccc(C)cc2)[nH]1. The van der Waals surface area contributed by atoms with Crippen LogP contribution in [-0.4, -0.2) is 9.97 Å². The molecular weight excluding hydrogens is 210 g/mol. The summed E-state index contributed by atoms with van der Waals surface area (Å²) in [6, 6.07) is 10.5. The number of benzene rings is 1. The van der Waals surface area contributed by atoms with Gasteiger partial charge in [-0.3, -0.25) is 0 Å². The lowest BCUT2D eigenvalue weighted by molar-refractivity contribution is 0.766. The van der Waals surface area contributed by atoms with Gasteiger partial charge in [0.2, 0.25) is 0 Å². The lowest BCUT2D eigenvalue weighted by Gasteiger charge is -2.01. The monoisotopic (exact) mass is 225 g/mol. The first-order chi connectivity index (χ1) is 8.24. The van der Waals surface area contributed by atoms with E-state index in [1.807, 2.05) is 6.92 Å². The molecule has 1 heterocycles. The Kier molecular flexibility index (Phi) is 3.24. The van der Waals surface area contributed by atoms with Gasteiger partial charge in [0.15, 0.2) is 0 Å². The van der Waals surface area contributed by atoms with Crippen molar-refractivity contribution in [3.8, 4) is 17.3 Å². The van der Waals surface area contributed by atoms with Crippen molar-refractivity contribution in [1.82, 2.24) is 9.97 Å². The molecule has 0 aliphatic heterocycles. The fraction of sp³-hybridized carbons (Fsp3) is 0.286. The first-order valence-electron chi connectivity index (χ1n) is 5.76. The van der Waals surface area contributed by atoms with E-state index in [-0.39, 0.29) is 5.92 Å². The zero-order chi connectivity index (χ0) is 12.3. The van der Waals surface area contributed by atoms with Crippen LogP contribution in [0.25, 0.3) is 11.3 Å². The summed E-state index contributed by atoms with van der Waals surface area (Å²) in [4.78, 5) is 7.50. The predicted molar refractivity (Wildman–Crippen MR) is 67.4 cm³/mol. The van der Waals surface area contributed by atoms with Crippen molar-refractivity contribution in [3.63, 3.8) is 0 Å². The highest BCUT2D eigenvalue weighted by Crippen LogP contribution is 2.21. The molecule has 1 N–H and O–H groups in total. The van der Waals surface area contributed by atoms with Crippen molar-refractivity contribution < 1.29 is 0 Å². The van der Waals surface area contributed by atoms with Crippen LogP contribution in [0.2, 0.25) is 0 Å². The molecule has 0 aliphatic rings. The highest BCUT2D eigenvalue weighted by molar-refractivity contribution is 5.58. The van der Waals surface area contributed by atoms with E-state index in [1.165, 1.54) is 5.56 Å². The number of nitrogens with one attached hydrogen (secondary N) is 1. The molecule has 2 aromatic rings. The molecule has 0 radical (unpaired) electrons. The van der Waals surface area contributed by atoms with E-state index >= 15 is 0 Å². The van der Waals surface area contributed by atoms with Crippen LogP contribution in [0.1, 0.15) is 30.7 Å². The maximum Gasteiger partial charge on any atom is 0.123 e. The smallest absolute Gasteiger partial charge is 0.123 e. The van der Waals surface area contributed by atoms with E-state index in [4.69, 9.17) is 5.26 Å². The van der Waals surface area contributed by atoms with Crippen LogP contribution in [0.5, 0.6) is 0 Å². The number of hydrogen-bond donors (Lipinski definition) is 1. The third-order valence-corrected chi connectivity index (χ3v) is 2.85. The van der Waals surface area contributed by atoms with Gasteiger partial charge in [-0.1, -0.05) is 36.8 Å². The van der Waals surface area contributed by atoms with E-state index < -0.39 is 0 Å².